The first-order valence-electron chi connectivity index (χ1n) is 12.5. The second-order valence-corrected chi connectivity index (χ2v) is 11.2. The first-order valence-corrected chi connectivity index (χ1v) is 13.7. The quantitative estimate of drug-likeness (QED) is 0.124. The van der Waals surface area contributed by atoms with E-state index < -0.39 is 23.9 Å². The molecule has 3 nitrogen and oxygen atoms in total. The second-order valence-electron chi connectivity index (χ2n) is 9.22. The molecule has 0 aliphatic heterocycles. The van der Waals surface area contributed by atoms with Crippen molar-refractivity contribution in [1.29, 1.82) is 0 Å². The van der Waals surface area contributed by atoms with Crippen LogP contribution in [0.4, 0.5) is 8.78 Å². The zero-order chi connectivity index (χ0) is 27.7. The summed E-state index contributed by atoms with van der Waals surface area (Å²) in [6.45, 7) is 2.61. The van der Waals surface area contributed by atoms with Gasteiger partial charge in [-0.25, -0.2) is 4.79 Å². The number of benzene rings is 4. The van der Waals surface area contributed by atoms with E-state index in [1.807, 2.05) is 66.7 Å². The minimum absolute atomic E-state index is 0.321. The standard InChI is InChI=1S/C33H29F2O3S/c1-32(2,23-22-26-12-6-3-7-13-26)38-31(36)33(34,35)24-25-37-27-18-20-30(21-19-27)39(28-14-8-4-9-15-28)29-16-10-5-11-17-29/h3-21H,24-25H2,1-2H3/q+1. The summed E-state index contributed by atoms with van der Waals surface area (Å²) in [4.78, 5) is 15.7. The molecule has 39 heavy (non-hydrogen) atoms. The minimum Gasteiger partial charge on any atom is -0.493 e. The molecule has 4 rings (SSSR count). The van der Waals surface area contributed by atoms with Gasteiger partial charge in [-0.2, -0.15) is 8.78 Å². The van der Waals surface area contributed by atoms with Crippen LogP contribution in [-0.4, -0.2) is 24.1 Å². The van der Waals surface area contributed by atoms with E-state index in [0.29, 0.717) is 11.3 Å². The second kappa shape index (κ2) is 12.6. The Bertz CT molecular complexity index is 1370. The molecule has 0 radical (unpaired) electrons. The fourth-order valence-electron chi connectivity index (χ4n) is 3.67. The molecule has 0 heterocycles. The van der Waals surface area contributed by atoms with Crippen LogP contribution in [-0.2, 0) is 20.4 Å². The lowest BCUT2D eigenvalue weighted by molar-refractivity contribution is -0.182. The maximum Gasteiger partial charge on any atom is 0.378 e. The van der Waals surface area contributed by atoms with Gasteiger partial charge in [0.05, 0.1) is 23.9 Å². The van der Waals surface area contributed by atoms with Crippen molar-refractivity contribution < 1.29 is 23.0 Å². The fourth-order valence-corrected chi connectivity index (χ4v) is 5.75. The van der Waals surface area contributed by atoms with Gasteiger partial charge in [0.15, 0.2) is 20.3 Å². The average Bonchev–Trinajstić information content (AvgIpc) is 2.94. The molecular formula is C33H29F2O3S+. The highest BCUT2D eigenvalue weighted by atomic mass is 32.2. The Kier molecular flexibility index (Phi) is 9.06. The Morgan fingerprint density at radius 3 is 1.77 bits per heavy atom. The molecule has 0 aliphatic carbocycles. The van der Waals surface area contributed by atoms with Gasteiger partial charge in [0.25, 0.3) is 0 Å². The van der Waals surface area contributed by atoms with Gasteiger partial charge in [-0.1, -0.05) is 66.4 Å². The average molecular weight is 544 g/mol. The number of alkyl halides is 2. The SMILES string of the molecule is CC(C)(C#Cc1ccccc1)OC(=O)C(F)(F)CCOc1ccc([S+](c2ccccc2)c2ccccc2)cc1. The predicted octanol–water partition coefficient (Wildman–Crippen LogP) is 7.56. The Balaban J connectivity index is 1.36. The largest absolute Gasteiger partial charge is 0.493 e. The summed E-state index contributed by atoms with van der Waals surface area (Å²) >= 11 is 0. The molecule has 4 aromatic rings. The number of esters is 1. The zero-order valence-electron chi connectivity index (χ0n) is 21.8. The monoisotopic (exact) mass is 543 g/mol. The molecule has 0 spiro atoms. The number of hydrogen-bond acceptors (Lipinski definition) is 3. The molecule has 0 saturated heterocycles. The Hall–Kier alpha value is -4.08. The Morgan fingerprint density at radius 1 is 0.744 bits per heavy atom. The molecule has 0 aliphatic rings. The molecule has 0 fully saturated rings. The van der Waals surface area contributed by atoms with Crippen molar-refractivity contribution in [2.75, 3.05) is 6.61 Å². The third kappa shape index (κ3) is 7.95. The van der Waals surface area contributed by atoms with Gasteiger partial charge >= 0.3 is 11.9 Å². The first kappa shape index (κ1) is 27.9. The highest BCUT2D eigenvalue weighted by molar-refractivity contribution is 7.97. The summed E-state index contributed by atoms with van der Waals surface area (Å²) in [6, 6.07) is 36.9. The van der Waals surface area contributed by atoms with Crippen molar-refractivity contribution in [3.8, 4) is 17.6 Å². The first-order chi connectivity index (χ1) is 18.7. The number of carbonyl (C=O) groups excluding carboxylic acids is 1. The third-order valence-electron chi connectivity index (χ3n) is 5.63. The van der Waals surface area contributed by atoms with Crippen LogP contribution < -0.4 is 4.74 Å². The topological polar surface area (TPSA) is 35.5 Å². The molecule has 6 heteroatoms. The van der Waals surface area contributed by atoms with E-state index in [9.17, 15) is 13.6 Å². The van der Waals surface area contributed by atoms with E-state index in [1.165, 1.54) is 23.6 Å². The number of halogens is 2. The van der Waals surface area contributed by atoms with Crippen LogP contribution in [0.25, 0.3) is 0 Å². The van der Waals surface area contributed by atoms with E-state index in [2.05, 4.69) is 36.1 Å². The normalized spacial score (nSPS) is 11.4. The highest BCUT2D eigenvalue weighted by Crippen LogP contribution is 2.32. The molecule has 0 N–H and O–H groups in total. The van der Waals surface area contributed by atoms with Gasteiger partial charge in [-0.05, 0) is 74.5 Å². The van der Waals surface area contributed by atoms with Gasteiger partial charge in [0.1, 0.15) is 5.75 Å². The number of carbonyl (C=O) groups is 1. The van der Waals surface area contributed by atoms with Gasteiger partial charge in [0.2, 0.25) is 0 Å². The van der Waals surface area contributed by atoms with E-state index in [4.69, 9.17) is 9.47 Å². The van der Waals surface area contributed by atoms with E-state index in [1.54, 1.807) is 24.3 Å². The third-order valence-corrected chi connectivity index (χ3v) is 7.86. The van der Waals surface area contributed by atoms with Crippen LogP contribution in [0.15, 0.2) is 130 Å². The van der Waals surface area contributed by atoms with Gasteiger partial charge in [-0.15, -0.1) is 0 Å². The van der Waals surface area contributed by atoms with Crippen LogP contribution in [0.1, 0.15) is 25.8 Å². The van der Waals surface area contributed by atoms with Gasteiger partial charge in [0, 0.05) is 5.56 Å². The highest BCUT2D eigenvalue weighted by Gasteiger charge is 2.43. The summed E-state index contributed by atoms with van der Waals surface area (Å²) in [6.07, 6.45) is -0.811. The molecule has 0 saturated carbocycles. The number of ether oxygens (including phenoxy) is 2. The van der Waals surface area contributed by atoms with E-state index in [-0.39, 0.29) is 17.5 Å². The van der Waals surface area contributed by atoms with Crippen molar-refractivity contribution in [1.82, 2.24) is 0 Å². The van der Waals surface area contributed by atoms with Crippen molar-refractivity contribution in [2.45, 2.75) is 46.5 Å². The molecule has 0 unspecified atom stereocenters. The summed E-state index contributed by atoms with van der Waals surface area (Å²) in [5.74, 6) is 0.699. The van der Waals surface area contributed by atoms with Crippen LogP contribution in [0.2, 0.25) is 0 Å². The van der Waals surface area contributed by atoms with E-state index in [0.717, 1.165) is 4.90 Å². The summed E-state index contributed by atoms with van der Waals surface area (Å²) < 4.78 is 39.7. The molecular weight excluding hydrogens is 514 g/mol. The molecule has 0 atom stereocenters. The molecule has 4 aromatic carbocycles. The zero-order valence-corrected chi connectivity index (χ0v) is 22.6. The molecule has 0 amide bonds. The summed E-state index contributed by atoms with van der Waals surface area (Å²) in [5.41, 5.74) is -0.672. The summed E-state index contributed by atoms with van der Waals surface area (Å²) in [5, 5.41) is 0. The van der Waals surface area contributed by atoms with Crippen molar-refractivity contribution in [3.05, 3.63) is 121 Å². The maximum atomic E-state index is 14.6. The molecule has 0 aromatic heterocycles. The minimum atomic E-state index is -3.71. The van der Waals surface area contributed by atoms with E-state index >= 15 is 0 Å². The Morgan fingerprint density at radius 2 is 1.23 bits per heavy atom. The van der Waals surface area contributed by atoms with Crippen molar-refractivity contribution in [2.24, 2.45) is 0 Å². The van der Waals surface area contributed by atoms with Crippen LogP contribution in [0, 0.1) is 11.8 Å². The molecule has 0 bridgehead atoms. The van der Waals surface area contributed by atoms with Gasteiger partial charge < -0.3 is 9.47 Å². The fraction of sp³-hybridized carbons (Fsp3) is 0.182. The van der Waals surface area contributed by atoms with Crippen LogP contribution >= 0.6 is 0 Å². The predicted molar refractivity (Wildman–Crippen MR) is 150 cm³/mol. The van der Waals surface area contributed by atoms with Gasteiger partial charge in [-0.3, -0.25) is 0 Å². The smallest absolute Gasteiger partial charge is 0.378 e. The Labute approximate surface area is 231 Å². The molecule has 198 valence electrons. The van der Waals surface area contributed by atoms with Crippen LogP contribution in [0.3, 0.4) is 0 Å². The lowest BCUT2D eigenvalue weighted by atomic mass is 10.1. The number of hydrogen-bond donors (Lipinski definition) is 0. The maximum absolute atomic E-state index is 14.6. The lowest BCUT2D eigenvalue weighted by Gasteiger charge is -2.23. The summed E-state index contributed by atoms with van der Waals surface area (Å²) in [7, 11) is -0.321. The van der Waals surface area contributed by atoms with Crippen LogP contribution in [0.5, 0.6) is 5.75 Å². The van der Waals surface area contributed by atoms with Crippen molar-refractivity contribution in [3.63, 3.8) is 0 Å². The lowest BCUT2D eigenvalue weighted by Crippen LogP contribution is -2.38. The van der Waals surface area contributed by atoms with Crippen molar-refractivity contribution >= 4 is 16.9 Å². The number of rotatable bonds is 9.